The normalized spacial score (nSPS) is 9.90. The lowest BCUT2D eigenvalue weighted by molar-refractivity contribution is -0.691. The summed E-state index contributed by atoms with van der Waals surface area (Å²) in [6, 6.07) is 3.93. The van der Waals surface area contributed by atoms with Crippen molar-refractivity contribution in [2.75, 3.05) is 0 Å². The van der Waals surface area contributed by atoms with Crippen LogP contribution in [0.3, 0.4) is 0 Å². The minimum atomic E-state index is 0.799. The quantitative estimate of drug-likeness (QED) is 0.432. The van der Waals surface area contributed by atoms with Gasteiger partial charge in [0.2, 0.25) is 0 Å². The monoisotopic (exact) mass is 156 g/mol. The number of nitrogens with zero attached hydrogens (tertiary/aromatic N) is 1. The van der Waals surface area contributed by atoms with Crippen LogP contribution in [0.2, 0.25) is 5.15 Å². The zero-order valence-corrected chi connectivity index (χ0v) is 7.02. The molecule has 54 valence electrons. The van der Waals surface area contributed by atoms with Crippen molar-refractivity contribution in [2.24, 2.45) is 0 Å². The molecule has 0 unspecified atom stereocenters. The van der Waals surface area contributed by atoms with Gasteiger partial charge in [0.25, 0.3) is 5.15 Å². The van der Waals surface area contributed by atoms with Crippen LogP contribution >= 0.6 is 11.6 Å². The van der Waals surface area contributed by atoms with Gasteiger partial charge in [0.15, 0.2) is 6.20 Å². The van der Waals surface area contributed by atoms with E-state index in [0.29, 0.717) is 0 Å². The highest BCUT2D eigenvalue weighted by Gasteiger charge is 2.03. The van der Waals surface area contributed by atoms with E-state index in [1.807, 2.05) is 22.9 Å². The van der Waals surface area contributed by atoms with Crippen molar-refractivity contribution in [2.45, 2.75) is 20.4 Å². The molecule has 0 radical (unpaired) electrons. The van der Waals surface area contributed by atoms with E-state index in [1.165, 1.54) is 5.56 Å². The van der Waals surface area contributed by atoms with Crippen LogP contribution in [-0.2, 0) is 6.54 Å². The molecule has 0 aliphatic rings. The van der Waals surface area contributed by atoms with Gasteiger partial charge in [-0.05, 0) is 31.5 Å². The van der Waals surface area contributed by atoms with Gasteiger partial charge in [-0.15, -0.1) is 0 Å². The summed E-state index contributed by atoms with van der Waals surface area (Å²) in [5.41, 5.74) is 1.24. The van der Waals surface area contributed by atoms with E-state index in [1.54, 1.807) is 0 Å². The van der Waals surface area contributed by atoms with Gasteiger partial charge in [0.05, 0.1) is 0 Å². The van der Waals surface area contributed by atoms with E-state index in [0.717, 1.165) is 11.7 Å². The average molecular weight is 157 g/mol. The molecule has 0 N–H and O–H groups in total. The summed E-state index contributed by atoms with van der Waals surface area (Å²) >= 11 is 5.86. The van der Waals surface area contributed by atoms with Crippen LogP contribution in [-0.4, -0.2) is 0 Å². The van der Waals surface area contributed by atoms with Crippen molar-refractivity contribution in [3.8, 4) is 0 Å². The molecule has 0 fully saturated rings. The molecule has 0 aliphatic carbocycles. The fourth-order valence-corrected chi connectivity index (χ4v) is 1.12. The van der Waals surface area contributed by atoms with Gasteiger partial charge < -0.3 is 0 Å². The second-order valence-corrected chi connectivity index (χ2v) is 2.70. The number of pyridine rings is 1. The van der Waals surface area contributed by atoms with Crippen LogP contribution < -0.4 is 4.57 Å². The summed E-state index contributed by atoms with van der Waals surface area (Å²) in [6.45, 7) is 5.06. The number of aromatic nitrogens is 1. The second-order valence-electron chi connectivity index (χ2n) is 2.32. The van der Waals surface area contributed by atoms with Crippen LogP contribution in [0.5, 0.6) is 0 Å². The first kappa shape index (κ1) is 7.55. The lowest BCUT2D eigenvalue weighted by Gasteiger charge is -1.94. The van der Waals surface area contributed by atoms with Crippen molar-refractivity contribution in [3.63, 3.8) is 0 Å². The second kappa shape index (κ2) is 3.02. The SMILES string of the molecule is CC[n+]1cc(C)ccc1Cl. The maximum Gasteiger partial charge on any atom is 0.274 e. The van der Waals surface area contributed by atoms with E-state index in [-0.39, 0.29) is 0 Å². The van der Waals surface area contributed by atoms with Crippen molar-refractivity contribution in [1.82, 2.24) is 0 Å². The summed E-state index contributed by atoms with van der Waals surface area (Å²) in [6.07, 6.45) is 2.04. The van der Waals surface area contributed by atoms with Crippen LogP contribution in [0.1, 0.15) is 12.5 Å². The summed E-state index contributed by atoms with van der Waals surface area (Å²) in [5.74, 6) is 0. The van der Waals surface area contributed by atoms with Gasteiger partial charge in [-0.3, -0.25) is 0 Å². The molecule has 1 rings (SSSR count). The minimum Gasteiger partial charge on any atom is -0.189 e. The number of halogens is 1. The lowest BCUT2D eigenvalue weighted by Crippen LogP contribution is -2.33. The Labute approximate surface area is 66.3 Å². The van der Waals surface area contributed by atoms with E-state index in [9.17, 15) is 0 Å². The number of rotatable bonds is 1. The molecule has 0 aliphatic heterocycles. The molecule has 0 aromatic carbocycles. The van der Waals surface area contributed by atoms with E-state index in [4.69, 9.17) is 11.6 Å². The molecule has 2 heteroatoms. The van der Waals surface area contributed by atoms with Crippen molar-refractivity contribution < 1.29 is 4.57 Å². The Morgan fingerprint density at radius 2 is 2.20 bits per heavy atom. The lowest BCUT2D eigenvalue weighted by atomic mass is 10.3. The first-order valence-corrected chi connectivity index (χ1v) is 3.77. The zero-order chi connectivity index (χ0) is 7.56. The highest BCUT2D eigenvalue weighted by Crippen LogP contribution is 2.01. The third kappa shape index (κ3) is 1.48. The molecule has 1 aromatic rings. The molecule has 0 saturated carbocycles. The molecule has 0 spiro atoms. The number of hydrogen-bond donors (Lipinski definition) is 0. The summed E-state index contributed by atoms with van der Waals surface area (Å²) in [7, 11) is 0. The molecule has 0 bridgehead atoms. The molecule has 1 heterocycles. The molecule has 0 amide bonds. The smallest absolute Gasteiger partial charge is 0.189 e. The highest BCUT2D eigenvalue weighted by atomic mass is 35.5. The predicted molar refractivity (Wildman–Crippen MR) is 42.1 cm³/mol. The van der Waals surface area contributed by atoms with Crippen molar-refractivity contribution in [1.29, 1.82) is 0 Å². The van der Waals surface area contributed by atoms with Gasteiger partial charge in [-0.1, -0.05) is 0 Å². The standard InChI is InChI=1S/C8H11ClN/c1-3-10-6-7(2)4-5-8(10)9/h4-6H,3H2,1-2H3/q+1. The average Bonchev–Trinajstić information content (AvgIpc) is 1.94. The summed E-state index contributed by atoms with van der Waals surface area (Å²) in [4.78, 5) is 0. The largest absolute Gasteiger partial charge is 0.274 e. The first-order valence-electron chi connectivity index (χ1n) is 3.39. The van der Waals surface area contributed by atoms with Crippen LogP contribution in [0.25, 0.3) is 0 Å². The molecule has 0 atom stereocenters. The van der Waals surface area contributed by atoms with Crippen LogP contribution in [0.15, 0.2) is 18.3 Å². The van der Waals surface area contributed by atoms with Crippen LogP contribution in [0.4, 0.5) is 0 Å². The summed E-state index contributed by atoms with van der Waals surface area (Å²) < 4.78 is 2.01. The highest BCUT2D eigenvalue weighted by molar-refractivity contribution is 6.28. The maximum absolute atomic E-state index is 5.86. The Morgan fingerprint density at radius 3 is 2.70 bits per heavy atom. The third-order valence-electron chi connectivity index (χ3n) is 1.46. The molecule has 1 nitrogen and oxygen atoms in total. The Hall–Kier alpha value is -0.560. The molecule has 1 aromatic heterocycles. The topological polar surface area (TPSA) is 3.88 Å². The fraction of sp³-hybridized carbons (Fsp3) is 0.375. The minimum absolute atomic E-state index is 0.799. The van der Waals surface area contributed by atoms with Gasteiger partial charge in [0, 0.05) is 11.6 Å². The first-order chi connectivity index (χ1) is 4.74. The molecule has 10 heavy (non-hydrogen) atoms. The van der Waals surface area contributed by atoms with E-state index < -0.39 is 0 Å². The van der Waals surface area contributed by atoms with Gasteiger partial charge in [-0.2, -0.15) is 4.57 Å². The molecular formula is C8H11ClN+. The zero-order valence-electron chi connectivity index (χ0n) is 6.26. The van der Waals surface area contributed by atoms with Crippen molar-refractivity contribution >= 4 is 11.6 Å². The maximum atomic E-state index is 5.86. The summed E-state index contributed by atoms with van der Waals surface area (Å²) in [5, 5.41) is 0.799. The predicted octanol–water partition coefficient (Wildman–Crippen LogP) is 1.96. The van der Waals surface area contributed by atoms with E-state index in [2.05, 4.69) is 13.8 Å². The third-order valence-corrected chi connectivity index (χ3v) is 1.80. The Kier molecular flexibility index (Phi) is 2.28. The number of hydrogen-bond acceptors (Lipinski definition) is 0. The Morgan fingerprint density at radius 1 is 1.50 bits per heavy atom. The Balaban J connectivity index is 3.09. The molecule has 0 saturated heterocycles. The van der Waals surface area contributed by atoms with Crippen LogP contribution in [0, 0.1) is 6.92 Å². The molecular weight excluding hydrogens is 146 g/mol. The Bertz CT molecular complexity index is 233. The van der Waals surface area contributed by atoms with Gasteiger partial charge in [0.1, 0.15) is 6.54 Å². The fourth-order valence-electron chi connectivity index (χ4n) is 0.889. The van der Waals surface area contributed by atoms with E-state index >= 15 is 0 Å². The van der Waals surface area contributed by atoms with Crippen molar-refractivity contribution in [3.05, 3.63) is 29.0 Å². The van der Waals surface area contributed by atoms with Gasteiger partial charge >= 0.3 is 0 Å². The number of aryl methyl sites for hydroxylation is 2. The van der Waals surface area contributed by atoms with Gasteiger partial charge in [-0.25, -0.2) is 0 Å².